The topological polar surface area (TPSA) is 29.9 Å². The summed E-state index contributed by atoms with van der Waals surface area (Å²) in [5.74, 6) is 2.50. The van der Waals surface area contributed by atoms with Crippen LogP contribution < -0.4 is 5.32 Å². The minimum Gasteiger partial charge on any atom is -0.307 e. The molecule has 1 aromatic rings. The number of fused-ring (bicyclic) bond motifs is 2. The van der Waals surface area contributed by atoms with E-state index in [-0.39, 0.29) is 0 Å². The molecule has 18 heavy (non-hydrogen) atoms. The predicted molar refractivity (Wildman–Crippen MR) is 73.1 cm³/mol. The van der Waals surface area contributed by atoms with E-state index in [0.29, 0.717) is 12.1 Å². The van der Waals surface area contributed by atoms with E-state index in [9.17, 15) is 0 Å². The van der Waals surface area contributed by atoms with Crippen LogP contribution in [0.5, 0.6) is 0 Å². The summed E-state index contributed by atoms with van der Waals surface area (Å²) in [4.78, 5) is 0. The Bertz CT molecular complexity index is 448. The van der Waals surface area contributed by atoms with Crippen molar-refractivity contribution in [1.82, 2.24) is 15.1 Å². The van der Waals surface area contributed by atoms with Crippen LogP contribution in [0.2, 0.25) is 0 Å². The van der Waals surface area contributed by atoms with Crippen LogP contribution in [0.25, 0.3) is 0 Å². The first-order valence-corrected chi connectivity index (χ1v) is 7.06. The quantitative estimate of drug-likeness (QED) is 0.827. The normalized spacial score (nSPS) is 32.9. The van der Waals surface area contributed by atoms with Crippen LogP contribution in [0.15, 0.2) is 24.5 Å². The molecule has 0 spiro atoms. The third-order valence-electron chi connectivity index (χ3n) is 4.71. The smallest absolute Gasteiger partial charge is 0.0537 e. The van der Waals surface area contributed by atoms with Gasteiger partial charge in [-0.3, -0.25) is 4.68 Å². The summed E-state index contributed by atoms with van der Waals surface area (Å²) in [5.41, 5.74) is 1.28. The third kappa shape index (κ3) is 2.12. The Hall–Kier alpha value is -1.09. The highest BCUT2D eigenvalue weighted by Crippen LogP contribution is 2.45. The van der Waals surface area contributed by atoms with Gasteiger partial charge in [0.2, 0.25) is 0 Å². The summed E-state index contributed by atoms with van der Waals surface area (Å²) in [6.45, 7) is 4.57. The Kier molecular flexibility index (Phi) is 3.02. The molecule has 5 unspecified atom stereocenters. The van der Waals surface area contributed by atoms with Gasteiger partial charge in [-0.05, 0) is 44.4 Å². The Balaban J connectivity index is 1.61. The summed E-state index contributed by atoms with van der Waals surface area (Å²) in [7, 11) is 1.97. The molecule has 0 saturated heterocycles. The first-order chi connectivity index (χ1) is 8.63. The Morgan fingerprint density at radius 1 is 1.33 bits per heavy atom. The Morgan fingerprint density at radius 2 is 2.17 bits per heavy atom. The SMILES string of the molecule is CC(NC(C)C1CC2C=CC1C2)c1cnn(C)c1. The number of hydrogen-bond donors (Lipinski definition) is 1. The van der Waals surface area contributed by atoms with Gasteiger partial charge in [0.25, 0.3) is 0 Å². The molecule has 1 aromatic heterocycles. The van der Waals surface area contributed by atoms with Gasteiger partial charge in [-0.25, -0.2) is 0 Å². The molecule has 2 aliphatic carbocycles. The van der Waals surface area contributed by atoms with E-state index >= 15 is 0 Å². The number of nitrogens with one attached hydrogen (secondary N) is 1. The molecule has 3 nitrogen and oxygen atoms in total. The number of rotatable bonds is 4. The van der Waals surface area contributed by atoms with Crippen molar-refractivity contribution in [3.63, 3.8) is 0 Å². The molecule has 1 fully saturated rings. The second-order valence-corrected chi connectivity index (χ2v) is 6.07. The molecule has 5 atom stereocenters. The average molecular weight is 245 g/mol. The molecule has 2 aliphatic rings. The fraction of sp³-hybridized carbons (Fsp3) is 0.667. The first kappa shape index (κ1) is 12.0. The zero-order chi connectivity index (χ0) is 12.7. The van der Waals surface area contributed by atoms with E-state index in [1.807, 2.05) is 17.9 Å². The van der Waals surface area contributed by atoms with Gasteiger partial charge in [0.15, 0.2) is 0 Å². The molecule has 0 radical (unpaired) electrons. The number of nitrogens with zero attached hydrogens (tertiary/aromatic N) is 2. The van der Waals surface area contributed by atoms with E-state index < -0.39 is 0 Å². The highest BCUT2D eigenvalue weighted by atomic mass is 15.2. The average Bonchev–Trinajstić information content (AvgIpc) is 3.03. The molecular formula is C15H23N3. The summed E-state index contributed by atoms with van der Waals surface area (Å²) < 4.78 is 1.87. The lowest BCUT2D eigenvalue weighted by molar-refractivity contribution is 0.307. The maximum atomic E-state index is 4.25. The Labute approximate surface area is 109 Å². The van der Waals surface area contributed by atoms with Crippen LogP contribution in [0, 0.1) is 17.8 Å². The van der Waals surface area contributed by atoms with Crippen LogP contribution >= 0.6 is 0 Å². The predicted octanol–water partition coefficient (Wildman–Crippen LogP) is 2.67. The molecule has 2 bridgehead atoms. The lowest BCUT2D eigenvalue weighted by Crippen LogP contribution is -2.37. The molecule has 1 N–H and O–H groups in total. The molecular weight excluding hydrogens is 222 g/mol. The monoisotopic (exact) mass is 245 g/mol. The van der Waals surface area contributed by atoms with Gasteiger partial charge < -0.3 is 5.32 Å². The molecule has 0 aromatic carbocycles. The standard InChI is InChI=1S/C15H23N3/c1-10(14-8-16-18(3)9-14)17-11(2)15-7-12-4-5-13(15)6-12/h4-5,8-13,15,17H,6-7H2,1-3H3. The second kappa shape index (κ2) is 4.54. The third-order valence-corrected chi connectivity index (χ3v) is 4.71. The minimum atomic E-state index is 0.386. The van der Waals surface area contributed by atoms with E-state index in [4.69, 9.17) is 0 Å². The molecule has 98 valence electrons. The van der Waals surface area contributed by atoms with Gasteiger partial charge in [-0.15, -0.1) is 0 Å². The van der Waals surface area contributed by atoms with Gasteiger partial charge in [0.1, 0.15) is 0 Å². The Morgan fingerprint density at radius 3 is 2.72 bits per heavy atom. The van der Waals surface area contributed by atoms with Gasteiger partial charge in [0.05, 0.1) is 6.20 Å². The van der Waals surface area contributed by atoms with Crippen LogP contribution in [-0.2, 0) is 7.05 Å². The fourth-order valence-corrected chi connectivity index (χ4v) is 3.68. The molecule has 1 saturated carbocycles. The summed E-state index contributed by atoms with van der Waals surface area (Å²) in [6.07, 6.45) is 11.7. The van der Waals surface area contributed by atoms with Crippen molar-refractivity contribution in [2.75, 3.05) is 0 Å². The summed E-state index contributed by atoms with van der Waals surface area (Å²) in [5, 5.41) is 8.00. The number of aryl methyl sites for hydroxylation is 1. The lowest BCUT2D eigenvalue weighted by atomic mass is 9.87. The molecule has 0 amide bonds. The van der Waals surface area contributed by atoms with Gasteiger partial charge >= 0.3 is 0 Å². The minimum absolute atomic E-state index is 0.386. The molecule has 3 heteroatoms. The van der Waals surface area contributed by atoms with Gasteiger partial charge in [0, 0.05) is 30.9 Å². The maximum absolute atomic E-state index is 4.25. The molecule has 1 heterocycles. The van der Waals surface area contributed by atoms with Crippen LogP contribution in [0.3, 0.4) is 0 Å². The van der Waals surface area contributed by atoms with E-state index in [1.54, 1.807) is 0 Å². The zero-order valence-electron chi connectivity index (χ0n) is 11.5. The van der Waals surface area contributed by atoms with E-state index in [0.717, 1.165) is 17.8 Å². The van der Waals surface area contributed by atoms with Crippen molar-refractivity contribution in [1.29, 1.82) is 0 Å². The van der Waals surface area contributed by atoms with Crippen LogP contribution in [0.1, 0.15) is 38.3 Å². The summed E-state index contributed by atoms with van der Waals surface area (Å²) in [6, 6.07) is 0.969. The van der Waals surface area contributed by atoms with Gasteiger partial charge in [-0.1, -0.05) is 12.2 Å². The van der Waals surface area contributed by atoms with Crippen molar-refractivity contribution in [3.8, 4) is 0 Å². The van der Waals surface area contributed by atoms with Crippen molar-refractivity contribution in [3.05, 3.63) is 30.1 Å². The van der Waals surface area contributed by atoms with E-state index in [2.05, 4.69) is 42.6 Å². The summed E-state index contributed by atoms with van der Waals surface area (Å²) >= 11 is 0. The maximum Gasteiger partial charge on any atom is 0.0537 e. The molecule has 3 rings (SSSR count). The first-order valence-electron chi connectivity index (χ1n) is 7.06. The van der Waals surface area contributed by atoms with Gasteiger partial charge in [-0.2, -0.15) is 5.10 Å². The molecule has 0 aliphatic heterocycles. The second-order valence-electron chi connectivity index (χ2n) is 6.07. The lowest BCUT2D eigenvalue weighted by Gasteiger charge is -2.28. The van der Waals surface area contributed by atoms with Crippen molar-refractivity contribution in [2.24, 2.45) is 24.8 Å². The fourth-order valence-electron chi connectivity index (χ4n) is 3.68. The number of aromatic nitrogens is 2. The van der Waals surface area contributed by atoms with Crippen molar-refractivity contribution in [2.45, 2.75) is 38.8 Å². The number of allylic oxidation sites excluding steroid dienone is 2. The zero-order valence-corrected chi connectivity index (χ0v) is 11.5. The van der Waals surface area contributed by atoms with Crippen LogP contribution in [-0.4, -0.2) is 15.8 Å². The van der Waals surface area contributed by atoms with E-state index in [1.165, 1.54) is 18.4 Å². The largest absolute Gasteiger partial charge is 0.307 e. The highest BCUT2D eigenvalue weighted by molar-refractivity contribution is 5.13. The van der Waals surface area contributed by atoms with Crippen LogP contribution in [0.4, 0.5) is 0 Å². The highest BCUT2D eigenvalue weighted by Gasteiger charge is 2.38. The number of hydrogen-bond acceptors (Lipinski definition) is 2. The van der Waals surface area contributed by atoms with Crippen molar-refractivity contribution >= 4 is 0 Å². The van der Waals surface area contributed by atoms with Crippen molar-refractivity contribution < 1.29 is 0 Å².